The molecule has 2 aromatic rings. The number of carbonyl (C=O) groups is 2. The Morgan fingerprint density at radius 2 is 1.55 bits per heavy atom. The third kappa shape index (κ3) is 1.91. The van der Waals surface area contributed by atoms with E-state index in [2.05, 4.69) is 5.32 Å². The summed E-state index contributed by atoms with van der Waals surface area (Å²) in [6.45, 7) is 0. The number of hydrogen-bond donors (Lipinski definition) is 3. The highest BCUT2D eigenvalue weighted by Gasteiger charge is 2.27. The fourth-order valence-electron chi connectivity index (χ4n) is 2.32. The van der Waals surface area contributed by atoms with E-state index in [0.717, 1.165) is 0 Å². The number of hydrogen-bond acceptors (Lipinski definition) is 4. The van der Waals surface area contributed by atoms with Gasteiger partial charge in [0.15, 0.2) is 0 Å². The van der Waals surface area contributed by atoms with Crippen molar-refractivity contribution < 1.29 is 19.6 Å². The molecule has 3 rings (SSSR count). The molecule has 0 atom stereocenters. The zero-order valence-corrected chi connectivity index (χ0v) is 10.3. The molecule has 0 saturated heterocycles. The number of carbonyl (C=O) groups excluding carboxylic acids is 2. The SMILES string of the molecule is O=C1NC(=O)c2cc(-c3ccccc3B(O)O)ccc21. The molecule has 5 nitrogen and oxygen atoms in total. The summed E-state index contributed by atoms with van der Waals surface area (Å²) in [6, 6.07) is 11.6. The maximum Gasteiger partial charge on any atom is 0.489 e. The van der Waals surface area contributed by atoms with Crippen LogP contribution in [0.4, 0.5) is 0 Å². The van der Waals surface area contributed by atoms with Crippen LogP contribution in [0, 0.1) is 0 Å². The van der Waals surface area contributed by atoms with Crippen LogP contribution in [-0.2, 0) is 0 Å². The first-order valence-electron chi connectivity index (χ1n) is 6.03. The van der Waals surface area contributed by atoms with Crippen molar-refractivity contribution in [1.82, 2.24) is 5.32 Å². The zero-order valence-electron chi connectivity index (χ0n) is 10.3. The molecular formula is C14H10BNO4. The van der Waals surface area contributed by atoms with E-state index in [1.807, 2.05) is 0 Å². The molecule has 0 fully saturated rings. The average Bonchev–Trinajstić information content (AvgIpc) is 2.73. The molecular weight excluding hydrogens is 257 g/mol. The van der Waals surface area contributed by atoms with Crippen LogP contribution in [0.1, 0.15) is 20.7 Å². The second-order valence-electron chi connectivity index (χ2n) is 4.50. The maximum absolute atomic E-state index is 11.6. The molecule has 1 aliphatic heterocycles. The van der Waals surface area contributed by atoms with Crippen LogP contribution < -0.4 is 10.8 Å². The lowest BCUT2D eigenvalue weighted by molar-refractivity contribution is 0.0879. The van der Waals surface area contributed by atoms with Crippen molar-refractivity contribution in [3.63, 3.8) is 0 Å². The Labute approximate surface area is 115 Å². The Balaban J connectivity index is 2.16. The van der Waals surface area contributed by atoms with Crippen molar-refractivity contribution >= 4 is 24.4 Å². The van der Waals surface area contributed by atoms with Gasteiger partial charge in [-0.2, -0.15) is 0 Å². The van der Waals surface area contributed by atoms with Crippen molar-refractivity contribution in [1.29, 1.82) is 0 Å². The molecule has 2 amide bonds. The summed E-state index contributed by atoms with van der Waals surface area (Å²) < 4.78 is 0. The fraction of sp³-hybridized carbons (Fsp3) is 0. The molecule has 20 heavy (non-hydrogen) atoms. The summed E-state index contributed by atoms with van der Waals surface area (Å²) in [7, 11) is -1.60. The van der Waals surface area contributed by atoms with Crippen molar-refractivity contribution in [2.45, 2.75) is 0 Å². The highest BCUT2D eigenvalue weighted by atomic mass is 16.4. The van der Waals surface area contributed by atoms with Gasteiger partial charge in [-0.05, 0) is 28.7 Å². The van der Waals surface area contributed by atoms with Crippen LogP contribution in [0.5, 0.6) is 0 Å². The number of amides is 2. The predicted molar refractivity (Wildman–Crippen MR) is 73.5 cm³/mol. The van der Waals surface area contributed by atoms with Gasteiger partial charge in [-0.15, -0.1) is 0 Å². The monoisotopic (exact) mass is 267 g/mol. The number of fused-ring (bicyclic) bond motifs is 1. The Morgan fingerprint density at radius 1 is 0.850 bits per heavy atom. The van der Waals surface area contributed by atoms with Gasteiger partial charge in [-0.25, -0.2) is 0 Å². The third-order valence-corrected chi connectivity index (χ3v) is 3.29. The molecule has 0 saturated carbocycles. The number of rotatable bonds is 2. The van der Waals surface area contributed by atoms with E-state index in [1.165, 1.54) is 0 Å². The molecule has 0 radical (unpaired) electrons. The Kier molecular flexibility index (Phi) is 2.89. The lowest BCUT2D eigenvalue weighted by Crippen LogP contribution is -2.31. The highest BCUT2D eigenvalue weighted by molar-refractivity contribution is 6.60. The molecule has 3 N–H and O–H groups in total. The molecule has 2 aromatic carbocycles. The van der Waals surface area contributed by atoms with Gasteiger partial charge in [-0.3, -0.25) is 14.9 Å². The second kappa shape index (κ2) is 4.59. The lowest BCUT2D eigenvalue weighted by atomic mass is 9.75. The van der Waals surface area contributed by atoms with Crippen molar-refractivity contribution in [2.75, 3.05) is 0 Å². The smallest absolute Gasteiger partial charge is 0.423 e. The summed E-state index contributed by atoms with van der Waals surface area (Å²) in [5.74, 6) is -0.846. The fourth-order valence-corrected chi connectivity index (χ4v) is 2.32. The van der Waals surface area contributed by atoms with Gasteiger partial charge in [-0.1, -0.05) is 30.3 Å². The van der Waals surface area contributed by atoms with Gasteiger partial charge in [0, 0.05) is 0 Å². The highest BCUT2D eigenvalue weighted by Crippen LogP contribution is 2.24. The van der Waals surface area contributed by atoms with Crippen molar-refractivity contribution in [2.24, 2.45) is 0 Å². The van der Waals surface area contributed by atoms with Gasteiger partial charge in [0.2, 0.25) is 0 Å². The molecule has 0 aliphatic carbocycles. The topological polar surface area (TPSA) is 86.6 Å². The van der Waals surface area contributed by atoms with Gasteiger partial charge in [0.05, 0.1) is 11.1 Å². The van der Waals surface area contributed by atoms with E-state index in [4.69, 9.17) is 0 Å². The summed E-state index contributed by atoms with van der Waals surface area (Å²) >= 11 is 0. The lowest BCUT2D eigenvalue weighted by Gasteiger charge is -2.09. The van der Waals surface area contributed by atoms with Crippen LogP contribution in [0.25, 0.3) is 11.1 Å². The third-order valence-electron chi connectivity index (χ3n) is 3.29. The minimum atomic E-state index is -1.60. The van der Waals surface area contributed by atoms with E-state index in [-0.39, 0.29) is 0 Å². The van der Waals surface area contributed by atoms with E-state index < -0.39 is 18.9 Å². The number of imide groups is 1. The van der Waals surface area contributed by atoms with Gasteiger partial charge >= 0.3 is 7.12 Å². The first kappa shape index (κ1) is 12.6. The summed E-state index contributed by atoms with van der Waals surface area (Å²) in [6.07, 6.45) is 0. The number of nitrogens with one attached hydrogen (secondary N) is 1. The average molecular weight is 267 g/mol. The first-order valence-corrected chi connectivity index (χ1v) is 6.03. The van der Waals surface area contributed by atoms with Crippen molar-refractivity contribution in [3.05, 3.63) is 53.6 Å². The van der Waals surface area contributed by atoms with Crippen LogP contribution in [0.3, 0.4) is 0 Å². The molecule has 1 heterocycles. The normalized spacial score (nSPS) is 13.1. The van der Waals surface area contributed by atoms with Gasteiger partial charge in [0.1, 0.15) is 0 Å². The van der Waals surface area contributed by atoms with Gasteiger partial charge < -0.3 is 10.0 Å². The van der Waals surface area contributed by atoms with E-state index >= 15 is 0 Å². The maximum atomic E-state index is 11.6. The van der Waals surface area contributed by atoms with Crippen LogP contribution in [0.15, 0.2) is 42.5 Å². The molecule has 0 aromatic heterocycles. The van der Waals surface area contributed by atoms with E-state index in [9.17, 15) is 19.6 Å². The molecule has 6 heteroatoms. The van der Waals surface area contributed by atoms with Crippen LogP contribution in [-0.4, -0.2) is 29.0 Å². The summed E-state index contributed by atoms with van der Waals surface area (Å²) in [4.78, 5) is 23.1. The number of benzene rings is 2. The second-order valence-corrected chi connectivity index (χ2v) is 4.50. The molecule has 98 valence electrons. The summed E-state index contributed by atoms with van der Waals surface area (Å²) in [5.41, 5.74) is 2.24. The minimum absolute atomic E-state index is 0.301. The quantitative estimate of drug-likeness (QED) is 0.524. The standard InChI is InChI=1S/C14H10BNO4/c17-13-10-6-5-8(7-11(10)14(18)16-13)9-3-1-2-4-12(9)15(19)20/h1-7,19-20H,(H,16,17,18). The predicted octanol–water partition coefficient (Wildman–Crippen LogP) is -0.0830. The summed E-state index contributed by atoms with van der Waals surface area (Å²) in [5, 5.41) is 21.0. The Bertz CT molecular complexity index is 727. The Hall–Kier alpha value is -2.44. The largest absolute Gasteiger partial charge is 0.489 e. The molecule has 1 aliphatic rings. The van der Waals surface area contributed by atoms with Crippen molar-refractivity contribution in [3.8, 4) is 11.1 Å². The van der Waals surface area contributed by atoms with E-state index in [0.29, 0.717) is 27.7 Å². The Morgan fingerprint density at radius 3 is 2.30 bits per heavy atom. The molecule has 0 unspecified atom stereocenters. The first-order chi connectivity index (χ1) is 9.58. The van der Waals surface area contributed by atoms with Gasteiger partial charge in [0.25, 0.3) is 11.8 Å². The van der Waals surface area contributed by atoms with Crippen LogP contribution >= 0.6 is 0 Å². The van der Waals surface area contributed by atoms with Crippen LogP contribution in [0.2, 0.25) is 0 Å². The molecule has 0 bridgehead atoms. The zero-order chi connectivity index (χ0) is 14.3. The molecule has 0 spiro atoms. The van der Waals surface area contributed by atoms with E-state index in [1.54, 1.807) is 42.5 Å². The minimum Gasteiger partial charge on any atom is -0.423 e.